The van der Waals surface area contributed by atoms with Gasteiger partial charge in [-0.3, -0.25) is 0 Å². The Morgan fingerprint density at radius 1 is 1.29 bits per heavy atom. The molecule has 1 rings (SSSR count). The van der Waals surface area contributed by atoms with E-state index in [0.717, 1.165) is 13.0 Å². The molecule has 1 aromatic rings. The summed E-state index contributed by atoms with van der Waals surface area (Å²) in [5.74, 6) is -1.56. The Balaban J connectivity index is 2.97. The van der Waals surface area contributed by atoms with Gasteiger partial charge in [-0.05, 0) is 25.5 Å². The van der Waals surface area contributed by atoms with Crippen molar-refractivity contribution in [2.24, 2.45) is 0 Å². The number of methoxy groups -OCH3 is 1. The van der Waals surface area contributed by atoms with Gasteiger partial charge < -0.3 is 10.1 Å². The van der Waals surface area contributed by atoms with Crippen LogP contribution in [0.1, 0.15) is 30.5 Å². The number of rotatable bonds is 6. The van der Waals surface area contributed by atoms with Crippen LogP contribution in [0.3, 0.4) is 0 Å². The van der Waals surface area contributed by atoms with Crippen molar-refractivity contribution in [3.05, 3.63) is 34.9 Å². The number of hydrogen-bond acceptors (Lipinski definition) is 2. The molecule has 0 aliphatic heterocycles. The summed E-state index contributed by atoms with van der Waals surface area (Å²) in [5.41, 5.74) is 0.640. The minimum atomic E-state index is -0.782. The predicted molar refractivity (Wildman–Crippen MR) is 64.0 cm³/mol. The van der Waals surface area contributed by atoms with Crippen LogP contribution in [0.25, 0.3) is 0 Å². The molecule has 0 saturated carbocycles. The Kier molecular flexibility index (Phi) is 5.51. The standard InChI is InChI=1S/C13H19F2NO/c1-4-7-16-11(8-17-3)10-6-5-9(2)12(14)13(10)15/h5-6,11,16H,4,7-8H2,1-3H3. The van der Waals surface area contributed by atoms with Gasteiger partial charge in [-0.15, -0.1) is 0 Å². The van der Waals surface area contributed by atoms with Crippen LogP contribution in [0, 0.1) is 18.6 Å². The first kappa shape index (κ1) is 14.1. The van der Waals surface area contributed by atoms with Crippen LogP contribution in [0.4, 0.5) is 8.78 Å². The first-order valence-electron chi connectivity index (χ1n) is 5.78. The lowest BCUT2D eigenvalue weighted by molar-refractivity contribution is 0.165. The van der Waals surface area contributed by atoms with Crippen molar-refractivity contribution in [3.8, 4) is 0 Å². The number of nitrogens with one attached hydrogen (secondary N) is 1. The van der Waals surface area contributed by atoms with Crippen molar-refractivity contribution in [3.63, 3.8) is 0 Å². The maximum Gasteiger partial charge on any atom is 0.163 e. The lowest BCUT2D eigenvalue weighted by Gasteiger charge is -2.19. The molecule has 0 amide bonds. The molecule has 1 unspecified atom stereocenters. The van der Waals surface area contributed by atoms with Crippen molar-refractivity contribution in [1.82, 2.24) is 5.32 Å². The van der Waals surface area contributed by atoms with Crippen LogP contribution in [-0.4, -0.2) is 20.3 Å². The molecule has 0 radical (unpaired) electrons. The van der Waals surface area contributed by atoms with Crippen LogP contribution < -0.4 is 5.32 Å². The van der Waals surface area contributed by atoms with Crippen LogP contribution in [-0.2, 0) is 4.74 Å². The fraction of sp³-hybridized carbons (Fsp3) is 0.538. The van der Waals surface area contributed by atoms with E-state index in [2.05, 4.69) is 5.32 Å². The van der Waals surface area contributed by atoms with E-state index in [1.165, 1.54) is 0 Å². The molecule has 0 bridgehead atoms. The highest BCUT2D eigenvalue weighted by molar-refractivity contribution is 5.28. The first-order chi connectivity index (χ1) is 8.11. The van der Waals surface area contributed by atoms with E-state index in [1.54, 1.807) is 26.2 Å². The molecular weight excluding hydrogens is 224 g/mol. The van der Waals surface area contributed by atoms with Gasteiger partial charge in [0, 0.05) is 12.7 Å². The third kappa shape index (κ3) is 3.48. The summed E-state index contributed by atoms with van der Waals surface area (Å²) in [7, 11) is 1.54. The molecule has 0 aliphatic carbocycles. The maximum atomic E-state index is 13.8. The highest BCUT2D eigenvalue weighted by Gasteiger charge is 2.18. The zero-order valence-electron chi connectivity index (χ0n) is 10.5. The summed E-state index contributed by atoms with van der Waals surface area (Å²) >= 11 is 0. The zero-order chi connectivity index (χ0) is 12.8. The average molecular weight is 243 g/mol. The van der Waals surface area contributed by atoms with Crippen molar-refractivity contribution in [2.45, 2.75) is 26.3 Å². The fourth-order valence-corrected chi connectivity index (χ4v) is 1.67. The van der Waals surface area contributed by atoms with Gasteiger partial charge in [-0.2, -0.15) is 0 Å². The Bertz CT molecular complexity index is 369. The number of ether oxygens (including phenoxy) is 1. The van der Waals surface area contributed by atoms with E-state index in [4.69, 9.17) is 4.74 Å². The Hall–Kier alpha value is -1.00. The van der Waals surface area contributed by atoms with Crippen molar-refractivity contribution < 1.29 is 13.5 Å². The van der Waals surface area contributed by atoms with E-state index >= 15 is 0 Å². The zero-order valence-corrected chi connectivity index (χ0v) is 10.5. The van der Waals surface area contributed by atoms with Gasteiger partial charge in [0.2, 0.25) is 0 Å². The normalized spacial score (nSPS) is 12.8. The quantitative estimate of drug-likeness (QED) is 0.829. The van der Waals surface area contributed by atoms with Crippen LogP contribution in [0.15, 0.2) is 12.1 Å². The second-order valence-electron chi connectivity index (χ2n) is 4.06. The predicted octanol–water partition coefficient (Wildman–Crippen LogP) is 2.96. The van der Waals surface area contributed by atoms with Gasteiger partial charge >= 0.3 is 0 Å². The summed E-state index contributed by atoms with van der Waals surface area (Å²) in [6.07, 6.45) is 0.927. The van der Waals surface area contributed by atoms with Gasteiger partial charge in [0.25, 0.3) is 0 Å². The molecule has 0 heterocycles. The highest BCUT2D eigenvalue weighted by Crippen LogP contribution is 2.22. The summed E-state index contributed by atoms with van der Waals surface area (Å²) in [6.45, 7) is 4.62. The topological polar surface area (TPSA) is 21.3 Å². The monoisotopic (exact) mass is 243 g/mol. The number of benzene rings is 1. The fourth-order valence-electron chi connectivity index (χ4n) is 1.67. The molecule has 1 N–H and O–H groups in total. The SMILES string of the molecule is CCCNC(COC)c1ccc(C)c(F)c1F. The molecule has 0 aliphatic rings. The smallest absolute Gasteiger partial charge is 0.163 e. The lowest BCUT2D eigenvalue weighted by atomic mass is 10.0. The molecular formula is C13H19F2NO. The molecule has 0 saturated heterocycles. The second kappa shape index (κ2) is 6.67. The van der Waals surface area contributed by atoms with Crippen LogP contribution in [0.2, 0.25) is 0 Å². The van der Waals surface area contributed by atoms with Gasteiger partial charge in [0.15, 0.2) is 11.6 Å². The third-order valence-corrected chi connectivity index (χ3v) is 2.65. The summed E-state index contributed by atoms with van der Waals surface area (Å²) in [4.78, 5) is 0. The first-order valence-corrected chi connectivity index (χ1v) is 5.78. The van der Waals surface area contributed by atoms with E-state index in [9.17, 15) is 8.78 Å². The molecule has 1 atom stereocenters. The largest absolute Gasteiger partial charge is 0.383 e. The van der Waals surface area contributed by atoms with Crippen molar-refractivity contribution >= 4 is 0 Å². The maximum absolute atomic E-state index is 13.8. The van der Waals surface area contributed by atoms with E-state index < -0.39 is 11.6 Å². The van der Waals surface area contributed by atoms with E-state index in [1.807, 2.05) is 6.92 Å². The molecule has 0 aromatic heterocycles. The van der Waals surface area contributed by atoms with Crippen molar-refractivity contribution in [1.29, 1.82) is 0 Å². The van der Waals surface area contributed by atoms with Crippen LogP contribution in [0.5, 0.6) is 0 Å². The van der Waals surface area contributed by atoms with Gasteiger partial charge in [-0.25, -0.2) is 8.78 Å². The number of hydrogen-bond donors (Lipinski definition) is 1. The van der Waals surface area contributed by atoms with Crippen LogP contribution >= 0.6 is 0 Å². The molecule has 1 aromatic carbocycles. The number of aryl methyl sites for hydroxylation is 1. The minimum Gasteiger partial charge on any atom is -0.383 e. The summed E-state index contributed by atoms with van der Waals surface area (Å²) in [6, 6.07) is 2.89. The molecule has 2 nitrogen and oxygen atoms in total. The molecule has 96 valence electrons. The Labute approximate surface area is 101 Å². The van der Waals surface area contributed by atoms with Gasteiger partial charge in [0.1, 0.15) is 0 Å². The lowest BCUT2D eigenvalue weighted by Crippen LogP contribution is -2.27. The van der Waals surface area contributed by atoms with Gasteiger partial charge in [-0.1, -0.05) is 19.1 Å². The molecule has 0 fully saturated rings. The number of halogens is 2. The molecule has 4 heteroatoms. The molecule has 0 spiro atoms. The Morgan fingerprint density at radius 3 is 2.59 bits per heavy atom. The minimum absolute atomic E-state index is 0.310. The second-order valence-corrected chi connectivity index (χ2v) is 4.06. The van der Waals surface area contributed by atoms with E-state index in [0.29, 0.717) is 17.7 Å². The average Bonchev–Trinajstić information content (AvgIpc) is 2.32. The summed E-state index contributed by atoms with van der Waals surface area (Å²) < 4.78 is 32.3. The summed E-state index contributed by atoms with van der Waals surface area (Å²) in [5, 5.41) is 3.14. The van der Waals surface area contributed by atoms with E-state index in [-0.39, 0.29) is 6.04 Å². The highest BCUT2D eigenvalue weighted by atomic mass is 19.2. The van der Waals surface area contributed by atoms with Gasteiger partial charge in [0.05, 0.1) is 12.6 Å². The molecule has 17 heavy (non-hydrogen) atoms. The van der Waals surface area contributed by atoms with Crippen molar-refractivity contribution in [2.75, 3.05) is 20.3 Å². The third-order valence-electron chi connectivity index (χ3n) is 2.65. The Morgan fingerprint density at radius 2 is 2.00 bits per heavy atom.